The second-order valence-corrected chi connectivity index (χ2v) is 7.81. The van der Waals surface area contributed by atoms with Crippen LogP contribution in [0.15, 0.2) is 66.1 Å². The first-order chi connectivity index (χ1) is 13.8. The zero-order valence-corrected chi connectivity index (χ0v) is 16.5. The van der Waals surface area contributed by atoms with Gasteiger partial charge in [-0.1, -0.05) is 48.5 Å². The number of nitrogens with zero attached hydrogens (tertiary/aromatic N) is 1. The molecule has 1 N–H and O–H groups in total. The van der Waals surface area contributed by atoms with Crippen LogP contribution in [0.5, 0.6) is 0 Å². The highest BCUT2D eigenvalue weighted by Crippen LogP contribution is 2.25. The van der Waals surface area contributed by atoms with Crippen LogP contribution in [0, 0.1) is 0 Å². The second-order valence-electron chi connectivity index (χ2n) is 6.83. The van der Waals surface area contributed by atoms with E-state index in [0.29, 0.717) is 6.54 Å². The lowest BCUT2D eigenvalue weighted by atomic mass is 10.0. The Bertz CT molecular complexity index is 941. The molecule has 1 amide bonds. The summed E-state index contributed by atoms with van der Waals surface area (Å²) in [7, 11) is 0. The predicted octanol–water partition coefficient (Wildman–Crippen LogP) is 4.10. The van der Waals surface area contributed by atoms with Crippen molar-refractivity contribution < 1.29 is 9.53 Å². The Morgan fingerprint density at radius 3 is 2.75 bits per heavy atom. The molecule has 1 aliphatic heterocycles. The lowest BCUT2D eigenvalue weighted by Gasteiger charge is -2.34. The number of thiophene rings is 1. The molecule has 1 atom stereocenters. The maximum atomic E-state index is 12.5. The van der Waals surface area contributed by atoms with E-state index >= 15 is 0 Å². The maximum Gasteiger partial charge on any atom is 0.244 e. The minimum atomic E-state index is -0.0669. The Morgan fingerprint density at radius 2 is 1.93 bits per heavy atom. The molecule has 3 aromatic rings. The minimum absolute atomic E-state index is 0.0669. The van der Waals surface area contributed by atoms with Crippen LogP contribution in [-0.4, -0.2) is 43.7 Å². The van der Waals surface area contributed by atoms with E-state index in [2.05, 4.69) is 45.9 Å². The summed E-state index contributed by atoms with van der Waals surface area (Å²) in [6, 6.07) is 18.8. The van der Waals surface area contributed by atoms with Gasteiger partial charge in [0, 0.05) is 30.6 Å². The van der Waals surface area contributed by atoms with Gasteiger partial charge < -0.3 is 10.1 Å². The average molecular weight is 393 g/mol. The quantitative estimate of drug-likeness (QED) is 0.642. The molecule has 4 rings (SSSR count). The number of benzene rings is 2. The van der Waals surface area contributed by atoms with Gasteiger partial charge in [-0.25, -0.2) is 0 Å². The monoisotopic (exact) mass is 392 g/mol. The van der Waals surface area contributed by atoms with Crippen molar-refractivity contribution in [2.45, 2.75) is 6.04 Å². The van der Waals surface area contributed by atoms with Crippen LogP contribution in [0.4, 0.5) is 0 Å². The number of carbonyl (C=O) groups excluding carboxylic acids is 1. The van der Waals surface area contributed by atoms with Crippen molar-refractivity contribution in [3.63, 3.8) is 0 Å². The number of fused-ring (bicyclic) bond motifs is 1. The van der Waals surface area contributed by atoms with Gasteiger partial charge in [-0.2, -0.15) is 0 Å². The third kappa shape index (κ3) is 4.50. The van der Waals surface area contributed by atoms with Crippen LogP contribution in [0.25, 0.3) is 16.8 Å². The van der Waals surface area contributed by atoms with E-state index < -0.39 is 0 Å². The van der Waals surface area contributed by atoms with Crippen LogP contribution < -0.4 is 5.32 Å². The van der Waals surface area contributed by atoms with Gasteiger partial charge in [0.2, 0.25) is 5.91 Å². The van der Waals surface area contributed by atoms with E-state index in [1.165, 1.54) is 10.3 Å². The Labute approximate surface area is 169 Å². The lowest BCUT2D eigenvalue weighted by Crippen LogP contribution is -2.43. The molecule has 0 unspecified atom stereocenters. The predicted molar refractivity (Wildman–Crippen MR) is 115 cm³/mol. The largest absolute Gasteiger partial charge is 0.379 e. The second kappa shape index (κ2) is 9.15. The summed E-state index contributed by atoms with van der Waals surface area (Å²) in [4.78, 5) is 16.1. The number of amides is 1. The van der Waals surface area contributed by atoms with Gasteiger partial charge in [0.05, 0.1) is 19.3 Å². The molecular weight excluding hydrogens is 368 g/mol. The van der Waals surface area contributed by atoms with Gasteiger partial charge in [-0.15, -0.1) is 11.3 Å². The van der Waals surface area contributed by atoms with Crippen LogP contribution in [0.2, 0.25) is 0 Å². The fourth-order valence-electron chi connectivity index (χ4n) is 3.60. The Balaban J connectivity index is 1.42. The summed E-state index contributed by atoms with van der Waals surface area (Å²) in [6.45, 7) is 3.88. The number of rotatable bonds is 6. The molecule has 1 aromatic heterocycles. The maximum absolute atomic E-state index is 12.5. The van der Waals surface area contributed by atoms with Crippen molar-refractivity contribution >= 4 is 34.1 Å². The van der Waals surface area contributed by atoms with Gasteiger partial charge in [0.1, 0.15) is 0 Å². The zero-order chi connectivity index (χ0) is 19.2. The average Bonchev–Trinajstić information content (AvgIpc) is 3.28. The molecule has 1 aliphatic rings. The number of ether oxygens (including phenoxy) is 1. The van der Waals surface area contributed by atoms with Crippen LogP contribution in [-0.2, 0) is 9.53 Å². The van der Waals surface area contributed by atoms with Crippen LogP contribution in [0.3, 0.4) is 0 Å². The molecule has 1 fully saturated rings. The molecule has 0 radical (unpaired) electrons. The third-order valence-electron chi connectivity index (χ3n) is 5.07. The van der Waals surface area contributed by atoms with Crippen molar-refractivity contribution in [2.75, 3.05) is 32.8 Å². The fourth-order valence-corrected chi connectivity index (χ4v) is 4.46. The molecule has 1 saturated heterocycles. The van der Waals surface area contributed by atoms with Crippen molar-refractivity contribution in [3.8, 4) is 0 Å². The van der Waals surface area contributed by atoms with E-state index in [1.54, 1.807) is 17.4 Å². The van der Waals surface area contributed by atoms with Gasteiger partial charge in [0.15, 0.2) is 0 Å². The molecular formula is C23H24N2O2S. The first-order valence-corrected chi connectivity index (χ1v) is 10.5. The van der Waals surface area contributed by atoms with Crippen LogP contribution >= 0.6 is 11.3 Å². The highest BCUT2D eigenvalue weighted by atomic mass is 32.1. The topological polar surface area (TPSA) is 41.6 Å². The summed E-state index contributed by atoms with van der Waals surface area (Å²) >= 11 is 1.74. The van der Waals surface area contributed by atoms with Gasteiger partial charge in [-0.3, -0.25) is 9.69 Å². The molecule has 2 heterocycles. The van der Waals surface area contributed by atoms with Gasteiger partial charge in [-0.05, 0) is 33.9 Å². The molecule has 0 aliphatic carbocycles. The highest BCUT2D eigenvalue weighted by molar-refractivity contribution is 7.10. The third-order valence-corrected chi connectivity index (χ3v) is 6.04. The summed E-state index contributed by atoms with van der Waals surface area (Å²) in [5.41, 5.74) is 1.05. The Morgan fingerprint density at radius 1 is 1.11 bits per heavy atom. The molecule has 4 nitrogen and oxygen atoms in total. The van der Waals surface area contributed by atoms with Gasteiger partial charge >= 0.3 is 0 Å². The smallest absolute Gasteiger partial charge is 0.244 e. The summed E-state index contributed by atoms with van der Waals surface area (Å²) < 4.78 is 5.48. The van der Waals surface area contributed by atoms with Crippen molar-refractivity contribution in [1.82, 2.24) is 10.2 Å². The first kappa shape index (κ1) is 18.9. The van der Waals surface area contributed by atoms with Gasteiger partial charge in [0.25, 0.3) is 0 Å². The summed E-state index contributed by atoms with van der Waals surface area (Å²) in [5.74, 6) is -0.0669. The normalized spacial score (nSPS) is 16.4. The number of carbonyl (C=O) groups is 1. The molecule has 28 heavy (non-hydrogen) atoms. The molecule has 0 spiro atoms. The highest BCUT2D eigenvalue weighted by Gasteiger charge is 2.23. The van der Waals surface area contributed by atoms with E-state index in [9.17, 15) is 4.79 Å². The van der Waals surface area contributed by atoms with E-state index in [4.69, 9.17) is 4.74 Å². The Kier molecular flexibility index (Phi) is 6.17. The molecule has 0 saturated carbocycles. The lowest BCUT2D eigenvalue weighted by molar-refractivity contribution is -0.116. The molecule has 144 valence electrons. The van der Waals surface area contributed by atoms with E-state index in [1.807, 2.05) is 30.3 Å². The number of hydrogen-bond donors (Lipinski definition) is 1. The summed E-state index contributed by atoms with van der Waals surface area (Å²) in [5, 5.41) is 7.50. The van der Waals surface area contributed by atoms with Crippen molar-refractivity contribution in [1.29, 1.82) is 0 Å². The number of morpholine rings is 1. The van der Waals surface area contributed by atoms with Crippen molar-refractivity contribution in [2.24, 2.45) is 0 Å². The zero-order valence-electron chi connectivity index (χ0n) is 15.7. The number of hydrogen-bond acceptors (Lipinski definition) is 4. The minimum Gasteiger partial charge on any atom is -0.379 e. The van der Waals surface area contributed by atoms with E-state index in [-0.39, 0.29) is 11.9 Å². The van der Waals surface area contributed by atoms with Crippen LogP contribution in [0.1, 0.15) is 16.5 Å². The van der Waals surface area contributed by atoms with Crippen molar-refractivity contribution in [3.05, 3.63) is 76.5 Å². The molecule has 5 heteroatoms. The molecule has 2 aromatic carbocycles. The fraction of sp³-hybridized carbons (Fsp3) is 0.261. The SMILES string of the molecule is O=C(/C=C/c1cccc2ccccc12)NC[C@@H](c1cccs1)N1CCOCC1. The molecule has 0 bridgehead atoms. The van der Waals surface area contributed by atoms with E-state index in [0.717, 1.165) is 37.3 Å². The standard InChI is InChI=1S/C23H24N2O2S/c26-23(11-10-19-7-3-6-18-5-1-2-8-20(18)19)24-17-21(22-9-4-16-28-22)25-12-14-27-15-13-25/h1-11,16,21H,12-15,17H2,(H,24,26)/b11-10+/t21-/m0/s1. The summed E-state index contributed by atoms with van der Waals surface area (Å²) in [6.07, 6.45) is 3.53. The number of nitrogens with one attached hydrogen (secondary N) is 1. The Hall–Kier alpha value is -2.47. The first-order valence-electron chi connectivity index (χ1n) is 9.60.